The summed E-state index contributed by atoms with van der Waals surface area (Å²) < 4.78 is 13.4. The van der Waals surface area contributed by atoms with E-state index in [0.29, 0.717) is 11.6 Å². The van der Waals surface area contributed by atoms with E-state index in [2.05, 4.69) is 23.8 Å². The molecule has 1 heterocycles. The van der Waals surface area contributed by atoms with E-state index in [9.17, 15) is 4.39 Å². The summed E-state index contributed by atoms with van der Waals surface area (Å²) in [4.78, 5) is 4.84. The van der Waals surface area contributed by atoms with Crippen molar-refractivity contribution in [2.45, 2.75) is 32.5 Å². The quantitative estimate of drug-likeness (QED) is 0.904. The zero-order valence-corrected chi connectivity index (χ0v) is 11.9. The lowest BCUT2D eigenvalue weighted by molar-refractivity contribution is 0.194. The van der Waals surface area contributed by atoms with Crippen LogP contribution >= 0.6 is 0 Å². The minimum Gasteiger partial charge on any atom is -0.326 e. The first-order valence-corrected chi connectivity index (χ1v) is 7.00. The second-order valence-electron chi connectivity index (χ2n) is 5.57. The lowest BCUT2D eigenvalue weighted by Crippen LogP contribution is -2.37. The number of hydrogen-bond donors (Lipinski definition) is 1. The second-order valence-corrected chi connectivity index (χ2v) is 5.57. The Bertz CT molecular complexity index is 422. The van der Waals surface area contributed by atoms with E-state index in [1.807, 2.05) is 12.1 Å². The molecule has 2 rings (SSSR count). The highest BCUT2D eigenvalue weighted by Gasteiger charge is 2.19. The Morgan fingerprint density at radius 2 is 2.16 bits per heavy atom. The molecule has 2 N–H and O–H groups in total. The minimum absolute atomic E-state index is 0.199. The van der Waals surface area contributed by atoms with Crippen LogP contribution in [0.25, 0.3) is 0 Å². The molecule has 0 aliphatic carbocycles. The van der Waals surface area contributed by atoms with Crippen LogP contribution in [0.1, 0.15) is 24.5 Å². The Labute approximate surface area is 115 Å². The average molecular weight is 265 g/mol. The van der Waals surface area contributed by atoms with Gasteiger partial charge in [0.2, 0.25) is 0 Å². The van der Waals surface area contributed by atoms with Gasteiger partial charge in [-0.2, -0.15) is 0 Å². The van der Waals surface area contributed by atoms with Crippen LogP contribution in [0, 0.1) is 5.82 Å². The first-order valence-electron chi connectivity index (χ1n) is 7.00. The van der Waals surface area contributed by atoms with Gasteiger partial charge in [-0.3, -0.25) is 4.90 Å². The van der Waals surface area contributed by atoms with Gasteiger partial charge in [-0.1, -0.05) is 12.1 Å². The summed E-state index contributed by atoms with van der Waals surface area (Å²) in [6.45, 7) is 6.74. The zero-order chi connectivity index (χ0) is 13.8. The fraction of sp³-hybridized carbons (Fsp3) is 0.600. The van der Waals surface area contributed by atoms with Crippen LogP contribution in [0.4, 0.5) is 4.39 Å². The number of likely N-dealkylation sites (N-methyl/N-ethyl adjacent to an activating group) is 1. The highest BCUT2D eigenvalue weighted by atomic mass is 19.1. The molecule has 0 spiro atoms. The summed E-state index contributed by atoms with van der Waals surface area (Å²) >= 11 is 0. The Kier molecular flexibility index (Phi) is 4.91. The molecule has 1 unspecified atom stereocenters. The summed E-state index contributed by atoms with van der Waals surface area (Å²) in [5, 5.41) is 0. The molecule has 0 saturated carbocycles. The third-order valence-electron chi connectivity index (χ3n) is 3.90. The van der Waals surface area contributed by atoms with Crippen LogP contribution in [0.5, 0.6) is 0 Å². The molecule has 0 aromatic heterocycles. The molecule has 0 amide bonds. The lowest BCUT2D eigenvalue weighted by Gasteiger charge is -2.28. The smallest absolute Gasteiger partial charge is 0.127 e. The number of nitrogens with zero attached hydrogens (tertiary/aromatic N) is 2. The number of halogens is 1. The maximum atomic E-state index is 13.4. The van der Waals surface area contributed by atoms with E-state index in [0.717, 1.165) is 31.7 Å². The SMILES string of the molecule is CC1CN(C)CCCN1Cc1ccc(F)c(CN)c1. The Balaban J connectivity index is 2.07. The summed E-state index contributed by atoms with van der Waals surface area (Å²) in [5.41, 5.74) is 7.32. The predicted octanol–water partition coefficient (Wildman–Crippen LogP) is 1.81. The van der Waals surface area contributed by atoms with E-state index in [4.69, 9.17) is 5.73 Å². The van der Waals surface area contributed by atoms with Crippen LogP contribution in [-0.2, 0) is 13.1 Å². The van der Waals surface area contributed by atoms with E-state index in [1.165, 1.54) is 12.5 Å². The molecule has 3 nitrogen and oxygen atoms in total. The number of nitrogens with two attached hydrogens (primary N) is 1. The van der Waals surface area contributed by atoms with E-state index in [1.54, 1.807) is 0 Å². The molecule has 1 aliphatic rings. The topological polar surface area (TPSA) is 32.5 Å². The number of benzene rings is 1. The van der Waals surface area contributed by atoms with Gasteiger partial charge in [-0.25, -0.2) is 4.39 Å². The van der Waals surface area contributed by atoms with Gasteiger partial charge < -0.3 is 10.6 Å². The molecule has 106 valence electrons. The monoisotopic (exact) mass is 265 g/mol. The van der Waals surface area contributed by atoms with Gasteiger partial charge in [-0.05, 0) is 38.6 Å². The molecule has 1 aromatic carbocycles. The summed E-state index contributed by atoms with van der Waals surface area (Å²) in [7, 11) is 2.17. The van der Waals surface area contributed by atoms with Gasteiger partial charge in [0.1, 0.15) is 5.82 Å². The Hall–Kier alpha value is -0.970. The second kappa shape index (κ2) is 6.46. The van der Waals surface area contributed by atoms with Gasteiger partial charge in [0.25, 0.3) is 0 Å². The van der Waals surface area contributed by atoms with E-state index in [-0.39, 0.29) is 12.4 Å². The molecule has 1 aliphatic heterocycles. The van der Waals surface area contributed by atoms with E-state index < -0.39 is 0 Å². The largest absolute Gasteiger partial charge is 0.326 e. The van der Waals surface area contributed by atoms with Crippen LogP contribution < -0.4 is 5.73 Å². The standard InChI is InChI=1S/C15H24FN3/c1-12-10-18(2)6-3-7-19(12)11-13-4-5-15(16)14(8-13)9-17/h4-5,8,12H,3,6-7,9-11,17H2,1-2H3. The fourth-order valence-corrected chi connectivity index (χ4v) is 2.77. The van der Waals surface area contributed by atoms with Crippen molar-refractivity contribution in [3.05, 3.63) is 35.1 Å². The molecule has 1 saturated heterocycles. The highest BCUT2D eigenvalue weighted by molar-refractivity contribution is 5.25. The van der Waals surface area contributed by atoms with E-state index >= 15 is 0 Å². The molecule has 1 fully saturated rings. The molecular formula is C15H24FN3. The zero-order valence-electron chi connectivity index (χ0n) is 11.9. The van der Waals surface area contributed by atoms with Crippen LogP contribution in [0.3, 0.4) is 0 Å². The van der Waals surface area contributed by atoms with Crippen molar-refractivity contribution >= 4 is 0 Å². The Morgan fingerprint density at radius 1 is 1.37 bits per heavy atom. The molecule has 1 atom stereocenters. The first-order chi connectivity index (χ1) is 9.10. The molecule has 19 heavy (non-hydrogen) atoms. The average Bonchev–Trinajstić information content (AvgIpc) is 2.53. The van der Waals surface area contributed by atoms with Gasteiger partial charge in [0.15, 0.2) is 0 Å². The lowest BCUT2D eigenvalue weighted by atomic mass is 10.1. The minimum atomic E-state index is -0.199. The highest BCUT2D eigenvalue weighted by Crippen LogP contribution is 2.16. The summed E-state index contributed by atoms with van der Waals surface area (Å²) in [6, 6.07) is 5.83. The van der Waals surface area contributed by atoms with Crippen LogP contribution in [-0.4, -0.2) is 42.5 Å². The van der Waals surface area contributed by atoms with Crippen LogP contribution in [0.2, 0.25) is 0 Å². The van der Waals surface area contributed by atoms with Crippen molar-refractivity contribution in [2.24, 2.45) is 5.73 Å². The normalized spacial score (nSPS) is 22.4. The molecule has 0 bridgehead atoms. The molecule has 4 heteroatoms. The summed E-state index contributed by atoms with van der Waals surface area (Å²) in [5.74, 6) is -0.199. The van der Waals surface area contributed by atoms with Gasteiger partial charge >= 0.3 is 0 Å². The maximum absolute atomic E-state index is 13.4. The van der Waals surface area contributed by atoms with Crippen molar-refractivity contribution in [3.8, 4) is 0 Å². The summed E-state index contributed by atoms with van der Waals surface area (Å²) in [6.07, 6.45) is 1.19. The molecular weight excluding hydrogens is 241 g/mol. The Morgan fingerprint density at radius 3 is 2.89 bits per heavy atom. The van der Waals surface area contributed by atoms with Crippen molar-refractivity contribution in [2.75, 3.05) is 26.7 Å². The fourth-order valence-electron chi connectivity index (χ4n) is 2.77. The van der Waals surface area contributed by atoms with Gasteiger partial charge in [-0.15, -0.1) is 0 Å². The van der Waals surface area contributed by atoms with Crippen LogP contribution in [0.15, 0.2) is 18.2 Å². The molecule has 1 aromatic rings. The molecule has 0 radical (unpaired) electrons. The van der Waals surface area contributed by atoms with Crippen molar-refractivity contribution in [1.82, 2.24) is 9.80 Å². The first kappa shape index (κ1) is 14.4. The third kappa shape index (κ3) is 3.75. The third-order valence-corrected chi connectivity index (χ3v) is 3.90. The predicted molar refractivity (Wildman–Crippen MR) is 76.3 cm³/mol. The maximum Gasteiger partial charge on any atom is 0.127 e. The van der Waals surface area contributed by atoms with Crippen molar-refractivity contribution < 1.29 is 4.39 Å². The van der Waals surface area contributed by atoms with Crippen molar-refractivity contribution in [1.29, 1.82) is 0 Å². The van der Waals surface area contributed by atoms with Gasteiger partial charge in [0.05, 0.1) is 0 Å². The number of rotatable bonds is 3. The van der Waals surface area contributed by atoms with Gasteiger partial charge in [0, 0.05) is 37.8 Å². The van der Waals surface area contributed by atoms with Crippen molar-refractivity contribution in [3.63, 3.8) is 0 Å². The number of hydrogen-bond acceptors (Lipinski definition) is 3.